The molecule has 0 spiro atoms. The predicted molar refractivity (Wildman–Crippen MR) is 72.9 cm³/mol. The lowest BCUT2D eigenvalue weighted by atomic mass is 9.96. The number of aromatic nitrogens is 2. The van der Waals surface area contributed by atoms with Crippen LogP contribution in [0.15, 0.2) is 6.33 Å². The SMILES string of the molecule is CC(C)N(CCCO)c1ncnc2c1CCCC2. The molecule has 4 heteroatoms. The van der Waals surface area contributed by atoms with E-state index in [9.17, 15) is 0 Å². The summed E-state index contributed by atoms with van der Waals surface area (Å²) in [6.07, 6.45) is 7.12. The minimum atomic E-state index is 0.233. The van der Waals surface area contributed by atoms with E-state index in [4.69, 9.17) is 5.11 Å². The molecule has 0 amide bonds. The van der Waals surface area contributed by atoms with Gasteiger partial charge in [0, 0.05) is 30.5 Å². The molecule has 0 radical (unpaired) electrons. The monoisotopic (exact) mass is 249 g/mol. The lowest BCUT2D eigenvalue weighted by Gasteiger charge is -2.31. The molecule has 100 valence electrons. The van der Waals surface area contributed by atoms with Crippen molar-refractivity contribution in [2.24, 2.45) is 0 Å². The van der Waals surface area contributed by atoms with E-state index < -0.39 is 0 Å². The maximum absolute atomic E-state index is 9.02. The molecule has 0 saturated carbocycles. The Morgan fingerprint density at radius 2 is 2.06 bits per heavy atom. The standard InChI is InChI=1S/C14H23N3O/c1-11(2)17(8-5-9-18)14-12-6-3-4-7-13(12)15-10-16-14/h10-11,18H,3-9H2,1-2H3. The summed E-state index contributed by atoms with van der Waals surface area (Å²) >= 11 is 0. The number of aliphatic hydroxyl groups is 1. The summed E-state index contributed by atoms with van der Waals surface area (Å²) in [4.78, 5) is 11.2. The van der Waals surface area contributed by atoms with E-state index in [1.54, 1.807) is 6.33 Å². The van der Waals surface area contributed by atoms with Crippen molar-refractivity contribution in [2.75, 3.05) is 18.1 Å². The number of rotatable bonds is 5. The van der Waals surface area contributed by atoms with Crippen molar-refractivity contribution in [1.82, 2.24) is 9.97 Å². The highest BCUT2D eigenvalue weighted by Gasteiger charge is 2.20. The third kappa shape index (κ3) is 2.80. The number of aryl methyl sites for hydroxylation is 1. The third-order valence-electron chi connectivity index (χ3n) is 3.55. The van der Waals surface area contributed by atoms with Crippen LogP contribution in [0.3, 0.4) is 0 Å². The predicted octanol–water partition coefficient (Wildman–Crippen LogP) is 1.95. The molecule has 1 aliphatic carbocycles. The Bertz CT molecular complexity index is 393. The van der Waals surface area contributed by atoms with Crippen molar-refractivity contribution in [2.45, 2.75) is 52.0 Å². The van der Waals surface area contributed by atoms with Gasteiger partial charge in [0.15, 0.2) is 0 Å². The van der Waals surface area contributed by atoms with Gasteiger partial charge >= 0.3 is 0 Å². The van der Waals surface area contributed by atoms with Crippen LogP contribution in [0.1, 0.15) is 44.4 Å². The van der Waals surface area contributed by atoms with Gasteiger partial charge in [-0.3, -0.25) is 0 Å². The molecule has 0 saturated heterocycles. The molecule has 0 aliphatic heterocycles. The summed E-state index contributed by atoms with van der Waals surface area (Å²) in [7, 11) is 0. The molecule has 0 unspecified atom stereocenters. The molecule has 2 rings (SSSR count). The van der Waals surface area contributed by atoms with E-state index in [1.165, 1.54) is 24.1 Å². The van der Waals surface area contributed by atoms with Crippen LogP contribution in [-0.2, 0) is 12.8 Å². The minimum absolute atomic E-state index is 0.233. The quantitative estimate of drug-likeness (QED) is 0.866. The Kier molecular flexibility index (Phi) is 4.53. The number of anilines is 1. The number of aliphatic hydroxyl groups excluding tert-OH is 1. The molecule has 0 aromatic carbocycles. The van der Waals surface area contributed by atoms with E-state index in [-0.39, 0.29) is 6.61 Å². The van der Waals surface area contributed by atoms with Crippen LogP contribution in [0, 0.1) is 0 Å². The fourth-order valence-electron chi connectivity index (χ4n) is 2.60. The second-order valence-electron chi connectivity index (χ2n) is 5.19. The van der Waals surface area contributed by atoms with E-state index in [1.807, 2.05) is 0 Å². The molecular weight excluding hydrogens is 226 g/mol. The summed E-state index contributed by atoms with van der Waals surface area (Å²) in [5.41, 5.74) is 2.55. The van der Waals surface area contributed by atoms with E-state index in [0.29, 0.717) is 6.04 Å². The van der Waals surface area contributed by atoms with Crippen molar-refractivity contribution in [3.63, 3.8) is 0 Å². The van der Waals surface area contributed by atoms with Crippen LogP contribution >= 0.6 is 0 Å². The highest BCUT2D eigenvalue weighted by molar-refractivity contribution is 5.50. The zero-order chi connectivity index (χ0) is 13.0. The molecule has 0 atom stereocenters. The van der Waals surface area contributed by atoms with Crippen LogP contribution in [0.5, 0.6) is 0 Å². The van der Waals surface area contributed by atoms with E-state index in [2.05, 4.69) is 28.7 Å². The van der Waals surface area contributed by atoms with Crippen molar-refractivity contribution < 1.29 is 5.11 Å². The number of nitrogens with zero attached hydrogens (tertiary/aromatic N) is 3. The topological polar surface area (TPSA) is 49.2 Å². The second-order valence-corrected chi connectivity index (χ2v) is 5.19. The van der Waals surface area contributed by atoms with Crippen molar-refractivity contribution in [3.8, 4) is 0 Å². The van der Waals surface area contributed by atoms with Gasteiger partial charge in [-0.15, -0.1) is 0 Å². The molecule has 1 N–H and O–H groups in total. The first-order valence-electron chi connectivity index (χ1n) is 6.94. The molecule has 1 aromatic heterocycles. The first kappa shape index (κ1) is 13.3. The fourth-order valence-corrected chi connectivity index (χ4v) is 2.60. The van der Waals surface area contributed by atoms with Crippen molar-refractivity contribution in [3.05, 3.63) is 17.6 Å². The number of hydrogen-bond acceptors (Lipinski definition) is 4. The molecular formula is C14H23N3O. The Balaban J connectivity index is 2.29. The van der Waals surface area contributed by atoms with Crippen LogP contribution in [0.2, 0.25) is 0 Å². The van der Waals surface area contributed by atoms with Crippen LogP contribution in [-0.4, -0.2) is 34.3 Å². The Labute approximate surface area is 109 Å². The largest absolute Gasteiger partial charge is 0.396 e. The van der Waals surface area contributed by atoms with Crippen molar-refractivity contribution >= 4 is 5.82 Å². The van der Waals surface area contributed by atoms with E-state index >= 15 is 0 Å². The summed E-state index contributed by atoms with van der Waals surface area (Å²) in [6.45, 7) is 5.44. The molecule has 1 aliphatic rings. The Morgan fingerprint density at radius 3 is 2.78 bits per heavy atom. The van der Waals surface area contributed by atoms with Gasteiger partial charge in [0.25, 0.3) is 0 Å². The Hall–Kier alpha value is -1.16. The van der Waals surface area contributed by atoms with Gasteiger partial charge in [0.05, 0.1) is 0 Å². The van der Waals surface area contributed by atoms with Gasteiger partial charge in [-0.1, -0.05) is 0 Å². The van der Waals surface area contributed by atoms with Crippen LogP contribution < -0.4 is 4.90 Å². The van der Waals surface area contributed by atoms with Gasteiger partial charge < -0.3 is 10.0 Å². The summed E-state index contributed by atoms with van der Waals surface area (Å²) in [5, 5.41) is 9.02. The zero-order valence-electron chi connectivity index (χ0n) is 11.4. The minimum Gasteiger partial charge on any atom is -0.396 e. The first-order valence-corrected chi connectivity index (χ1v) is 6.94. The lowest BCUT2D eigenvalue weighted by Crippen LogP contribution is -2.34. The van der Waals surface area contributed by atoms with Crippen LogP contribution in [0.25, 0.3) is 0 Å². The molecule has 0 bridgehead atoms. The van der Waals surface area contributed by atoms with Gasteiger partial charge in [-0.05, 0) is 46.0 Å². The molecule has 1 aromatic rings. The maximum atomic E-state index is 9.02. The number of fused-ring (bicyclic) bond motifs is 1. The van der Waals surface area contributed by atoms with E-state index in [0.717, 1.165) is 31.6 Å². The average Bonchev–Trinajstić information content (AvgIpc) is 2.39. The van der Waals surface area contributed by atoms with Gasteiger partial charge in [-0.25, -0.2) is 9.97 Å². The van der Waals surface area contributed by atoms with Gasteiger partial charge in [0.2, 0.25) is 0 Å². The van der Waals surface area contributed by atoms with Crippen LogP contribution in [0.4, 0.5) is 5.82 Å². The average molecular weight is 249 g/mol. The summed E-state index contributed by atoms with van der Waals surface area (Å²) in [6, 6.07) is 0.400. The smallest absolute Gasteiger partial charge is 0.135 e. The zero-order valence-corrected chi connectivity index (χ0v) is 11.4. The van der Waals surface area contributed by atoms with Gasteiger partial charge in [0.1, 0.15) is 12.1 Å². The molecule has 1 heterocycles. The highest BCUT2D eigenvalue weighted by atomic mass is 16.3. The highest BCUT2D eigenvalue weighted by Crippen LogP contribution is 2.28. The Morgan fingerprint density at radius 1 is 1.28 bits per heavy atom. The summed E-state index contributed by atoms with van der Waals surface area (Å²) in [5.74, 6) is 1.09. The normalized spacial score (nSPS) is 14.7. The first-order chi connectivity index (χ1) is 8.74. The number of hydrogen-bond donors (Lipinski definition) is 1. The molecule has 18 heavy (non-hydrogen) atoms. The van der Waals surface area contributed by atoms with Gasteiger partial charge in [-0.2, -0.15) is 0 Å². The third-order valence-corrected chi connectivity index (χ3v) is 3.55. The maximum Gasteiger partial charge on any atom is 0.135 e. The second kappa shape index (κ2) is 6.14. The van der Waals surface area contributed by atoms with Crippen molar-refractivity contribution in [1.29, 1.82) is 0 Å². The fraction of sp³-hybridized carbons (Fsp3) is 0.714. The molecule has 0 fully saturated rings. The lowest BCUT2D eigenvalue weighted by molar-refractivity contribution is 0.288. The molecule has 4 nitrogen and oxygen atoms in total. The summed E-state index contributed by atoms with van der Waals surface area (Å²) < 4.78 is 0.